The van der Waals surface area contributed by atoms with Crippen molar-refractivity contribution in [2.75, 3.05) is 5.73 Å². The van der Waals surface area contributed by atoms with E-state index in [4.69, 9.17) is 10.6 Å². The van der Waals surface area contributed by atoms with Crippen LogP contribution in [0.25, 0.3) is 0 Å². The highest BCUT2D eigenvalue weighted by molar-refractivity contribution is 7.13. The second-order valence-electron chi connectivity index (χ2n) is 4.59. The van der Waals surface area contributed by atoms with Crippen LogP contribution in [0.1, 0.15) is 17.1 Å². The number of anilines is 1. The number of nitrogen functional groups attached to an aromatic ring is 1. The van der Waals surface area contributed by atoms with Crippen molar-refractivity contribution >= 4 is 22.2 Å². The number of benzene rings is 1. The Morgan fingerprint density at radius 1 is 1.43 bits per heavy atom. The zero-order valence-corrected chi connectivity index (χ0v) is 13.0. The summed E-state index contributed by atoms with van der Waals surface area (Å²) in [5.74, 6) is -0.296. The largest absolute Gasteiger partial charge is 0.441 e. The minimum absolute atomic E-state index is 0.163. The van der Waals surface area contributed by atoms with E-state index in [-0.39, 0.29) is 12.4 Å². The summed E-state index contributed by atoms with van der Waals surface area (Å²) in [4.78, 5) is 20.9. The van der Waals surface area contributed by atoms with Gasteiger partial charge in [0.05, 0.1) is 5.69 Å². The fourth-order valence-corrected chi connectivity index (χ4v) is 2.41. The van der Waals surface area contributed by atoms with Crippen LogP contribution in [0.4, 0.5) is 5.13 Å². The van der Waals surface area contributed by atoms with Gasteiger partial charge >= 0.3 is 5.76 Å². The molecule has 23 heavy (non-hydrogen) atoms. The van der Waals surface area contributed by atoms with E-state index in [2.05, 4.69) is 19.8 Å². The summed E-state index contributed by atoms with van der Waals surface area (Å²) >= 11 is 1.33. The molecule has 118 valence electrons. The van der Waals surface area contributed by atoms with Gasteiger partial charge in [0.25, 0.3) is 0 Å². The zero-order valence-electron chi connectivity index (χ0n) is 12.2. The third-order valence-electron chi connectivity index (χ3n) is 3.00. The minimum Gasteiger partial charge on any atom is -0.389 e. The van der Waals surface area contributed by atoms with E-state index in [0.29, 0.717) is 16.5 Å². The first-order valence-electron chi connectivity index (χ1n) is 6.63. The van der Waals surface area contributed by atoms with Crippen molar-refractivity contribution in [2.24, 2.45) is 12.2 Å². The highest BCUT2D eigenvalue weighted by atomic mass is 32.1. The smallest absolute Gasteiger partial charge is 0.389 e. The lowest BCUT2D eigenvalue weighted by Crippen LogP contribution is -2.17. The maximum Gasteiger partial charge on any atom is 0.441 e. The van der Waals surface area contributed by atoms with Crippen LogP contribution < -0.4 is 11.5 Å². The van der Waals surface area contributed by atoms with Crippen LogP contribution in [0, 0.1) is 0 Å². The second kappa shape index (κ2) is 6.44. The molecule has 2 heterocycles. The maximum absolute atomic E-state index is 11.5. The number of hydrogen-bond donors (Lipinski definition) is 1. The molecule has 1 aromatic carbocycles. The van der Waals surface area contributed by atoms with Gasteiger partial charge in [-0.15, -0.1) is 11.3 Å². The quantitative estimate of drug-likeness (QED) is 0.559. The highest BCUT2D eigenvalue weighted by Crippen LogP contribution is 2.13. The molecule has 0 saturated heterocycles. The van der Waals surface area contributed by atoms with Crippen LogP contribution in [0.5, 0.6) is 0 Å². The molecule has 2 N–H and O–H groups in total. The topological polar surface area (TPSA) is 109 Å². The van der Waals surface area contributed by atoms with Crippen LogP contribution in [0.3, 0.4) is 0 Å². The lowest BCUT2D eigenvalue weighted by atomic mass is 10.1. The Balaban J connectivity index is 1.90. The van der Waals surface area contributed by atoms with Crippen molar-refractivity contribution in [3.8, 4) is 0 Å². The number of nitrogens with two attached hydrogens (primary N) is 1. The van der Waals surface area contributed by atoms with Crippen molar-refractivity contribution in [3.63, 3.8) is 0 Å². The monoisotopic (exact) mass is 331 g/mol. The highest BCUT2D eigenvalue weighted by Gasteiger charge is 2.17. The second-order valence-corrected chi connectivity index (χ2v) is 5.48. The van der Waals surface area contributed by atoms with E-state index in [1.165, 1.54) is 15.9 Å². The normalized spacial score (nSPS) is 11.6. The van der Waals surface area contributed by atoms with Crippen molar-refractivity contribution in [2.45, 2.75) is 6.61 Å². The third kappa shape index (κ3) is 3.29. The summed E-state index contributed by atoms with van der Waals surface area (Å²) in [6, 6.07) is 9.25. The Labute approximate surface area is 134 Å². The molecule has 9 heteroatoms. The standard InChI is InChI=1S/C14H13N5O3S/c1-19-12(18-22-14(19)20)11(9-5-3-2-4-6-9)17-21-7-10-8-23-13(15)16-10/h2-6,8H,7H2,1H3,(H2,15,16)/b17-11+. The van der Waals surface area contributed by atoms with E-state index in [1.807, 2.05) is 30.3 Å². The number of nitrogens with zero attached hydrogens (tertiary/aromatic N) is 4. The number of rotatable bonds is 5. The molecule has 0 unspecified atom stereocenters. The molecule has 0 aliphatic heterocycles. The maximum atomic E-state index is 11.5. The van der Waals surface area contributed by atoms with E-state index >= 15 is 0 Å². The van der Waals surface area contributed by atoms with Gasteiger partial charge in [-0.3, -0.25) is 9.09 Å². The lowest BCUT2D eigenvalue weighted by molar-refractivity contribution is 0.128. The average Bonchev–Trinajstić information content (AvgIpc) is 3.12. The molecule has 0 radical (unpaired) electrons. The molecule has 0 fully saturated rings. The summed E-state index contributed by atoms with van der Waals surface area (Å²) in [6.07, 6.45) is 0. The molecular weight excluding hydrogens is 318 g/mol. The first-order chi connectivity index (χ1) is 11.1. The molecule has 0 aliphatic rings. The van der Waals surface area contributed by atoms with E-state index in [9.17, 15) is 4.79 Å². The molecule has 8 nitrogen and oxygen atoms in total. The van der Waals surface area contributed by atoms with Crippen LogP contribution >= 0.6 is 11.3 Å². The number of thiazole rings is 1. The zero-order chi connectivity index (χ0) is 16.2. The first-order valence-corrected chi connectivity index (χ1v) is 7.51. The van der Waals surface area contributed by atoms with Crippen molar-refractivity contribution in [1.29, 1.82) is 0 Å². The van der Waals surface area contributed by atoms with Gasteiger partial charge < -0.3 is 10.6 Å². The Bertz CT molecular complexity index is 881. The van der Waals surface area contributed by atoms with Gasteiger partial charge in [0.1, 0.15) is 0 Å². The molecule has 0 atom stereocenters. The summed E-state index contributed by atoms with van der Waals surface area (Å²) in [5.41, 5.74) is 7.38. The van der Waals surface area contributed by atoms with Crippen molar-refractivity contribution in [1.82, 2.24) is 14.7 Å². The fraction of sp³-hybridized carbons (Fsp3) is 0.143. The van der Waals surface area contributed by atoms with Gasteiger partial charge in [0.15, 0.2) is 17.5 Å². The fourth-order valence-electron chi connectivity index (χ4n) is 1.86. The van der Waals surface area contributed by atoms with Crippen LogP contribution in [0.15, 0.2) is 50.2 Å². The molecule has 3 aromatic rings. The molecule has 0 aliphatic carbocycles. The summed E-state index contributed by atoms with van der Waals surface area (Å²) in [5, 5.41) is 10.1. The minimum atomic E-state index is -0.573. The predicted octanol–water partition coefficient (Wildman–Crippen LogP) is 1.38. The van der Waals surface area contributed by atoms with E-state index in [1.54, 1.807) is 12.4 Å². The van der Waals surface area contributed by atoms with Gasteiger partial charge in [-0.1, -0.05) is 40.6 Å². The molecule has 0 bridgehead atoms. The van der Waals surface area contributed by atoms with Crippen LogP contribution in [-0.2, 0) is 18.5 Å². The summed E-state index contributed by atoms with van der Waals surface area (Å²) < 4.78 is 5.92. The van der Waals surface area contributed by atoms with Crippen LogP contribution in [-0.4, -0.2) is 20.4 Å². The predicted molar refractivity (Wildman–Crippen MR) is 85.1 cm³/mol. The van der Waals surface area contributed by atoms with Crippen LogP contribution in [0.2, 0.25) is 0 Å². The van der Waals surface area contributed by atoms with Gasteiger partial charge in [0.2, 0.25) is 5.82 Å². The Morgan fingerprint density at radius 2 is 2.22 bits per heavy atom. The Kier molecular flexibility index (Phi) is 4.20. The molecule has 0 spiro atoms. The van der Waals surface area contributed by atoms with Crippen molar-refractivity contribution in [3.05, 3.63) is 63.3 Å². The molecule has 2 aromatic heterocycles. The van der Waals surface area contributed by atoms with E-state index in [0.717, 1.165) is 5.56 Å². The summed E-state index contributed by atoms with van der Waals surface area (Å²) in [7, 11) is 1.55. The number of aromatic nitrogens is 3. The van der Waals surface area contributed by atoms with Gasteiger partial charge in [0, 0.05) is 18.0 Å². The third-order valence-corrected chi connectivity index (χ3v) is 3.72. The summed E-state index contributed by atoms with van der Waals surface area (Å²) in [6.45, 7) is 0.163. The van der Waals surface area contributed by atoms with Crippen molar-refractivity contribution < 1.29 is 9.36 Å². The molecule has 0 amide bonds. The average molecular weight is 331 g/mol. The van der Waals surface area contributed by atoms with Gasteiger partial charge in [-0.2, -0.15) is 0 Å². The molecule has 3 rings (SSSR count). The first kappa shape index (κ1) is 15.0. The van der Waals surface area contributed by atoms with Gasteiger partial charge in [-0.25, -0.2) is 9.78 Å². The number of oxime groups is 1. The molecular formula is C14H13N5O3S. The Morgan fingerprint density at radius 3 is 2.83 bits per heavy atom. The van der Waals surface area contributed by atoms with Gasteiger partial charge in [-0.05, 0) is 0 Å². The molecule has 0 saturated carbocycles. The Hall–Kier alpha value is -2.94. The SMILES string of the molecule is Cn1c(/C(=N/OCc2csc(N)n2)c2ccccc2)noc1=O. The van der Waals surface area contributed by atoms with E-state index < -0.39 is 5.76 Å². The lowest BCUT2D eigenvalue weighted by Gasteiger charge is -2.04. The number of hydrogen-bond acceptors (Lipinski definition) is 8.